The van der Waals surface area contributed by atoms with Crippen molar-refractivity contribution in [3.8, 4) is 17.2 Å². The van der Waals surface area contributed by atoms with Gasteiger partial charge in [-0.2, -0.15) is 0 Å². The predicted molar refractivity (Wildman–Crippen MR) is 102 cm³/mol. The fourth-order valence-corrected chi connectivity index (χ4v) is 3.20. The van der Waals surface area contributed by atoms with Gasteiger partial charge in [-0.15, -0.1) is 0 Å². The normalized spacial score (nSPS) is 11.9. The van der Waals surface area contributed by atoms with Crippen LogP contribution in [0.5, 0.6) is 17.2 Å². The number of carbonyl (C=O) groups is 1. The highest BCUT2D eigenvalue weighted by molar-refractivity contribution is 5.73. The molecular formula is C21H27NO4. The average molecular weight is 357 g/mol. The average Bonchev–Trinajstić information content (AvgIpc) is 2.57. The van der Waals surface area contributed by atoms with Gasteiger partial charge in [0.25, 0.3) is 0 Å². The minimum absolute atomic E-state index is 0.291. The van der Waals surface area contributed by atoms with Gasteiger partial charge in [0, 0.05) is 0 Å². The Balaban J connectivity index is 2.33. The Morgan fingerprint density at radius 2 is 1.65 bits per heavy atom. The third-order valence-electron chi connectivity index (χ3n) is 4.42. The number of methoxy groups -OCH3 is 1. The van der Waals surface area contributed by atoms with Crippen LogP contribution in [0.3, 0.4) is 0 Å². The van der Waals surface area contributed by atoms with E-state index in [1.54, 1.807) is 7.11 Å². The van der Waals surface area contributed by atoms with Gasteiger partial charge in [-0.1, -0.05) is 19.1 Å². The Morgan fingerprint density at radius 1 is 1.08 bits per heavy atom. The van der Waals surface area contributed by atoms with E-state index in [2.05, 4.69) is 6.92 Å². The van der Waals surface area contributed by atoms with Crippen LogP contribution in [0.15, 0.2) is 24.3 Å². The van der Waals surface area contributed by atoms with E-state index in [4.69, 9.17) is 20.3 Å². The Bertz CT molecular complexity index is 791. The monoisotopic (exact) mass is 357 g/mol. The molecule has 140 valence electrons. The number of hydrogen-bond acceptors (Lipinski definition) is 4. The molecule has 26 heavy (non-hydrogen) atoms. The SMILES string of the molecule is CCc1cc(Oc2c(C)cc(CC(N)C(=O)O)cc2C)cc(C)c1OC. The first-order valence-electron chi connectivity index (χ1n) is 8.70. The number of nitrogens with two attached hydrogens (primary N) is 1. The highest BCUT2D eigenvalue weighted by atomic mass is 16.5. The van der Waals surface area contributed by atoms with Crippen molar-refractivity contribution in [2.24, 2.45) is 5.73 Å². The summed E-state index contributed by atoms with van der Waals surface area (Å²) in [5, 5.41) is 8.99. The number of ether oxygens (including phenoxy) is 2. The second-order valence-corrected chi connectivity index (χ2v) is 6.60. The number of carboxylic acid groups (broad SMARTS) is 1. The summed E-state index contributed by atoms with van der Waals surface area (Å²) >= 11 is 0. The molecule has 0 saturated heterocycles. The van der Waals surface area contributed by atoms with Gasteiger partial charge < -0.3 is 20.3 Å². The topological polar surface area (TPSA) is 81.8 Å². The van der Waals surface area contributed by atoms with Crippen LogP contribution >= 0.6 is 0 Å². The molecule has 0 aliphatic rings. The van der Waals surface area contributed by atoms with E-state index in [-0.39, 0.29) is 0 Å². The molecule has 2 aromatic carbocycles. The molecule has 2 rings (SSSR count). The Labute approximate surface area is 154 Å². The number of carboxylic acids is 1. The molecule has 0 bridgehead atoms. The number of aliphatic carboxylic acids is 1. The molecule has 2 aromatic rings. The standard InChI is InChI=1S/C21H27NO4/c1-6-16-11-17(9-14(4)20(16)25-5)26-19-12(2)7-15(8-13(19)3)10-18(22)21(23)24/h7-9,11,18H,6,10,22H2,1-5H3,(H,23,24). The van der Waals surface area contributed by atoms with Crippen molar-refractivity contribution in [3.63, 3.8) is 0 Å². The molecule has 0 saturated carbocycles. The predicted octanol–water partition coefficient (Wildman–Crippen LogP) is 3.93. The van der Waals surface area contributed by atoms with E-state index in [1.807, 2.05) is 45.0 Å². The Hall–Kier alpha value is -2.53. The lowest BCUT2D eigenvalue weighted by atomic mass is 10.0. The smallest absolute Gasteiger partial charge is 0.320 e. The summed E-state index contributed by atoms with van der Waals surface area (Å²) in [5.41, 5.74) is 10.6. The maximum absolute atomic E-state index is 11.0. The van der Waals surface area contributed by atoms with Crippen molar-refractivity contribution >= 4 is 5.97 Å². The van der Waals surface area contributed by atoms with Crippen LogP contribution in [0, 0.1) is 20.8 Å². The zero-order valence-electron chi connectivity index (χ0n) is 16.1. The first-order chi connectivity index (χ1) is 12.3. The van der Waals surface area contributed by atoms with E-state index in [0.717, 1.165) is 51.5 Å². The van der Waals surface area contributed by atoms with Crippen LogP contribution in [0.1, 0.15) is 34.7 Å². The molecule has 0 aliphatic carbocycles. The van der Waals surface area contributed by atoms with Gasteiger partial charge in [-0.05, 0) is 73.6 Å². The molecule has 0 fully saturated rings. The van der Waals surface area contributed by atoms with Gasteiger partial charge in [0.2, 0.25) is 0 Å². The van der Waals surface area contributed by atoms with E-state index < -0.39 is 12.0 Å². The van der Waals surface area contributed by atoms with Crippen LogP contribution in [-0.4, -0.2) is 24.2 Å². The summed E-state index contributed by atoms with van der Waals surface area (Å²) in [5.74, 6) is 1.44. The third kappa shape index (κ3) is 4.35. The van der Waals surface area contributed by atoms with Crippen LogP contribution in [-0.2, 0) is 17.6 Å². The van der Waals surface area contributed by atoms with E-state index in [1.165, 1.54) is 0 Å². The van der Waals surface area contributed by atoms with Gasteiger partial charge in [-0.3, -0.25) is 4.79 Å². The minimum atomic E-state index is -0.999. The highest BCUT2D eigenvalue weighted by Crippen LogP contribution is 2.34. The third-order valence-corrected chi connectivity index (χ3v) is 4.42. The number of aryl methyl sites for hydroxylation is 4. The van der Waals surface area contributed by atoms with Crippen LogP contribution in [0.4, 0.5) is 0 Å². The molecule has 5 nitrogen and oxygen atoms in total. The Kier molecular flexibility index (Phi) is 6.27. The second kappa shape index (κ2) is 8.23. The van der Waals surface area contributed by atoms with Crippen LogP contribution in [0.25, 0.3) is 0 Å². The molecule has 0 amide bonds. The van der Waals surface area contributed by atoms with Crippen molar-refractivity contribution in [2.75, 3.05) is 7.11 Å². The molecule has 0 heterocycles. The van der Waals surface area contributed by atoms with E-state index in [0.29, 0.717) is 6.42 Å². The second-order valence-electron chi connectivity index (χ2n) is 6.60. The van der Waals surface area contributed by atoms with Gasteiger partial charge >= 0.3 is 5.97 Å². The lowest BCUT2D eigenvalue weighted by Gasteiger charge is -2.17. The summed E-state index contributed by atoms with van der Waals surface area (Å²) in [4.78, 5) is 11.0. The van der Waals surface area contributed by atoms with Crippen molar-refractivity contribution in [3.05, 3.63) is 52.1 Å². The maximum atomic E-state index is 11.0. The first kappa shape index (κ1) is 19.8. The fraction of sp³-hybridized carbons (Fsp3) is 0.381. The van der Waals surface area contributed by atoms with Crippen LogP contribution in [0.2, 0.25) is 0 Å². The zero-order chi connectivity index (χ0) is 19.4. The summed E-state index contributed by atoms with van der Waals surface area (Å²) < 4.78 is 11.6. The summed E-state index contributed by atoms with van der Waals surface area (Å²) in [6.07, 6.45) is 1.14. The molecule has 0 radical (unpaired) electrons. The van der Waals surface area contributed by atoms with E-state index >= 15 is 0 Å². The first-order valence-corrected chi connectivity index (χ1v) is 8.70. The van der Waals surface area contributed by atoms with Gasteiger partial charge in [0.15, 0.2) is 0 Å². The maximum Gasteiger partial charge on any atom is 0.320 e. The molecule has 0 aliphatic heterocycles. The summed E-state index contributed by atoms with van der Waals surface area (Å²) in [6.45, 7) is 7.99. The zero-order valence-corrected chi connectivity index (χ0v) is 16.1. The van der Waals surface area contributed by atoms with Crippen LogP contribution < -0.4 is 15.2 Å². The molecule has 1 unspecified atom stereocenters. The van der Waals surface area contributed by atoms with Gasteiger partial charge in [0.1, 0.15) is 23.3 Å². The molecule has 1 atom stereocenters. The fourth-order valence-electron chi connectivity index (χ4n) is 3.20. The van der Waals surface area contributed by atoms with Crippen molar-refractivity contribution in [1.29, 1.82) is 0 Å². The molecule has 3 N–H and O–H groups in total. The molecule has 5 heteroatoms. The highest BCUT2D eigenvalue weighted by Gasteiger charge is 2.15. The quantitative estimate of drug-likeness (QED) is 0.784. The molecule has 0 spiro atoms. The van der Waals surface area contributed by atoms with Crippen molar-refractivity contribution in [2.45, 2.75) is 46.6 Å². The number of rotatable bonds is 7. The summed E-state index contributed by atoms with van der Waals surface area (Å²) in [7, 11) is 1.68. The minimum Gasteiger partial charge on any atom is -0.496 e. The molecular weight excluding hydrogens is 330 g/mol. The van der Waals surface area contributed by atoms with E-state index in [9.17, 15) is 4.79 Å². The Morgan fingerprint density at radius 3 is 2.15 bits per heavy atom. The van der Waals surface area contributed by atoms with Crippen molar-refractivity contribution in [1.82, 2.24) is 0 Å². The lowest BCUT2D eigenvalue weighted by molar-refractivity contribution is -0.138. The largest absolute Gasteiger partial charge is 0.496 e. The van der Waals surface area contributed by atoms with Gasteiger partial charge in [0.05, 0.1) is 7.11 Å². The lowest BCUT2D eigenvalue weighted by Crippen LogP contribution is -2.32. The molecule has 0 aromatic heterocycles. The summed E-state index contributed by atoms with van der Waals surface area (Å²) in [6, 6.07) is 6.92. The number of benzene rings is 2. The van der Waals surface area contributed by atoms with Crippen molar-refractivity contribution < 1.29 is 19.4 Å². The number of hydrogen-bond donors (Lipinski definition) is 2. The van der Waals surface area contributed by atoms with Gasteiger partial charge in [-0.25, -0.2) is 0 Å².